The summed E-state index contributed by atoms with van der Waals surface area (Å²) in [4.78, 5) is 16.2. The van der Waals surface area contributed by atoms with Crippen LogP contribution in [0.3, 0.4) is 0 Å². The molecule has 0 amide bonds. The molecule has 45 heavy (non-hydrogen) atoms. The molecule has 0 atom stereocenters. The van der Waals surface area contributed by atoms with Gasteiger partial charge in [0.2, 0.25) is 0 Å². The molecule has 0 bridgehead atoms. The summed E-state index contributed by atoms with van der Waals surface area (Å²) in [6, 6.07) is 49.3. The molecule has 0 radical (unpaired) electrons. The third-order valence-electron chi connectivity index (χ3n) is 9.03. The second-order valence-corrected chi connectivity index (χ2v) is 12.6. The second kappa shape index (κ2) is 9.39. The van der Waals surface area contributed by atoms with E-state index in [2.05, 4.69) is 133 Å². The molecule has 0 aliphatic rings. The Morgan fingerprint density at radius 1 is 0.400 bits per heavy atom. The third kappa shape index (κ3) is 3.54. The zero-order valence-corrected chi connectivity index (χ0v) is 24.8. The highest BCUT2D eigenvalue weighted by atomic mass is 32.1. The molecule has 10 aromatic rings. The molecular weight excluding hydrogens is 567 g/mol. The van der Waals surface area contributed by atoms with Crippen molar-refractivity contribution in [2.24, 2.45) is 0 Å². The lowest BCUT2D eigenvalue weighted by atomic mass is 9.93. The van der Waals surface area contributed by atoms with Crippen molar-refractivity contribution in [3.8, 4) is 22.8 Å². The number of hydrogen-bond acceptors (Lipinski definition) is 4. The Kier molecular flexibility index (Phi) is 5.16. The van der Waals surface area contributed by atoms with Crippen molar-refractivity contribution in [2.75, 3.05) is 0 Å². The first kappa shape index (κ1) is 24.7. The predicted molar refractivity (Wildman–Crippen MR) is 191 cm³/mol. The van der Waals surface area contributed by atoms with Crippen LogP contribution >= 0.6 is 11.3 Å². The summed E-state index contributed by atoms with van der Waals surface area (Å²) in [5.74, 6) is 0.641. The Morgan fingerprint density at radius 3 is 1.91 bits per heavy atom. The van der Waals surface area contributed by atoms with Crippen molar-refractivity contribution in [2.45, 2.75) is 0 Å². The van der Waals surface area contributed by atoms with Crippen LogP contribution in [-0.2, 0) is 0 Å². The van der Waals surface area contributed by atoms with Gasteiger partial charge in [-0.05, 0) is 34.4 Å². The SMILES string of the molecule is c1ccc(-c2nc(-c3nc4ccccc4c4c5ccccc5c5c6ccccc6sc5c34)nc3c2ccc2ccccc23)cc1. The number of aromatic nitrogens is 3. The van der Waals surface area contributed by atoms with Gasteiger partial charge in [0.25, 0.3) is 0 Å². The molecule has 0 fully saturated rings. The Balaban J connectivity index is 1.46. The average molecular weight is 590 g/mol. The van der Waals surface area contributed by atoms with E-state index >= 15 is 0 Å². The number of hydrogen-bond donors (Lipinski definition) is 0. The highest BCUT2D eigenvalue weighted by Gasteiger charge is 2.23. The van der Waals surface area contributed by atoms with Gasteiger partial charge in [-0.1, -0.05) is 121 Å². The molecule has 0 saturated carbocycles. The maximum absolute atomic E-state index is 5.40. The Labute approximate surface area is 262 Å². The Morgan fingerprint density at radius 2 is 1.07 bits per heavy atom. The lowest BCUT2D eigenvalue weighted by Crippen LogP contribution is -1.99. The number of para-hydroxylation sites is 1. The first-order chi connectivity index (χ1) is 22.3. The van der Waals surface area contributed by atoms with E-state index in [0.29, 0.717) is 5.82 Å². The van der Waals surface area contributed by atoms with Gasteiger partial charge in [0, 0.05) is 52.7 Å². The predicted octanol–water partition coefficient (Wildman–Crippen LogP) is 11.3. The van der Waals surface area contributed by atoms with Crippen LogP contribution in [0.2, 0.25) is 0 Å². The molecule has 3 heterocycles. The number of rotatable bonds is 2. The standard InChI is InChI=1S/C41H23N3S/c1-2-13-25(14-3-1)37-31-23-22-24-12-4-5-15-26(24)38(31)44-41(43-37)39-36-34(29-18-8-10-20-32(29)42-39)27-16-6-7-17-28(27)35-30-19-9-11-21-33(30)45-40(35)36/h1-23H. The maximum atomic E-state index is 5.40. The summed E-state index contributed by atoms with van der Waals surface area (Å²) in [7, 11) is 0. The minimum Gasteiger partial charge on any atom is -0.244 e. The maximum Gasteiger partial charge on any atom is 0.180 e. The van der Waals surface area contributed by atoms with Gasteiger partial charge in [0.15, 0.2) is 5.82 Å². The van der Waals surface area contributed by atoms with E-state index in [-0.39, 0.29) is 0 Å². The molecule has 10 rings (SSSR count). The molecule has 0 aliphatic heterocycles. The average Bonchev–Trinajstić information content (AvgIpc) is 3.51. The molecule has 0 spiro atoms. The first-order valence-electron chi connectivity index (χ1n) is 15.1. The van der Waals surface area contributed by atoms with Gasteiger partial charge in [-0.25, -0.2) is 15.0 Å². The third-order valence-corrected chi connectivity index (χ3v) is 10.2. The molecule has 0 saturated heterocycles. The van der Waals surface area contributed by atoms with Crippen molar-refractivity contribution in [1.82, 2.24) is 15.0 Å². The highest BCUT2D eigenvalue weighted by Crippen LogP contribution is 2.48. The van der Waals surface area contributed by atoms with Crippen molar-refractivity contribution >= 4 is 85.6 Å². The van der Waals surface area contributed by atoms with Crippen LogP contribution in [-0.4, -0.2) is 15.0 Å². The Bertz CT molecular complexity index is 2820. The number of thiophene rings is 1. The second-order valence-electron chi connectivity index (χ2n) is 11.5. The minimum absolute atomic E-state index is 0.641. The van der Waals surface area contributed by atoms with Crippen LogP contribution in [0.1, 0.15) is 0 Å². The van der Waals surface area contributed by atoms with E-state index in [0.717, 1.165) is 54.9 Å². The largest absolute Gasteiger partial charge is 0.244 e. The van der Waals surface area contributed by atoms with Gasteiger partial charge in [-0.3, -0.25) is 0 Å². The topological polar surface area (TPSA) is 38.7 Å². The zero-order valence-electron chi connectivity index (χ0n) is 24.0. The number of nitrogens with zero attached hydrogens (tertiary/aromatic N) is 3. The van der Waals surface area contributed by atoms with E-state index in [1.54, 1.807) is 0 Å². The lowest BCUT2D eigenvalue weighted by molar-refractivity contribution is 1.21. The van der Waals surface area contributed by atoms with Gasteiger partial charge >= 0.3 is 0 Å². The lowest BCUT2D eigenvalue weighted by Gasteiger charge is -2.15. The van der Waals surface area contributed by atoms with E-state index in [1.165, 1.54) is 36.3 Å². The molecular formula is C41H23N3S. The molecule has 0 N–H and O–H groups in total. The van der Waals surface area contributed by atoms with Crippen molar-refractivity contribution in [1.29, 1.82) is 0 Å². The van der Waals surface area contributed by atoms with E-state index in [1.807, 2.05) is 17.4 Å². The van der Waals surface area contributed by atoms with E-state index < -0.39 is 0 Å². The van der Waals surface area contributed by atoms with E-state index in [9.17, 15) is 0 Å². The van der Waals surface area contributed by atoms with E-state index in [4.69, 9.17) is 15.0 Å². The van der Waals surface area contributed by atoms with Crippen molar-refractivity contribution in [3.05, 3.63) is 140 Å². The monoisotopic (exact) mass is 589 g/mol. The first-order valence-corrected chi connectivity index (χ1v) is 15.9. The molecule has 3 nitrogen and oxygen atoms in total. The van der Waals surface area contributed by atoms with Crippen LogP contribution in [0, 0.1) is 0 Å². The number of pyridine rings is 1. The highest BCUT2D eigenvalue weighted by molar-refractivity contribution is 7.27. The zero-order chi connectivity index (χ0) is 29.5. The quantitative estimate of drug-likeness (QED) is 0.188. The summed E-state index contributed by atoms with van der Waals surface area (Å²) in [6.07, 6.45) is 0. The summed E-state index contributed by atoms with van der Waals surface area (Å²) >= 11 is 1.83. The van der Waals surface area contributed by atoms with Crippen LogP contribution in [0.4, 0.5) is 0 Å². The van der Waals surface area contributed by atoms with Crippen LogP contribution in [0.5, 0.6) is 0 Å². The van der Waals surface area contributed by atoms with Gasteiger partial charge < -0.3 is 0 Å². The minimum atomic E-state index is 0.641. The van der Waals surface area contributed by atoms with Crippen LogP contribution < -0.4 is 0 Å². The fourth-order valence-electron chi connectivity index (χ4n) is 7.07. The fourth-order valence-corrected chi connectivity index (χ4v) is 8.34. The summed E-state index contributed by atoms with van der Waals surface area (Å²) in [6.45, 7) is 0. The van der Waals surface area contributed by atoms with Crippen LogP contribution in [0.25, 0.3) is 97.1 Å². The van der Waals surface area contributed by atoms with Gasteiger partial charge in [0.1, 0.15) is 5.69 Å². The fraction of sp³-hybridized carbons (Fsp3) is 0. The van der Waals surface area contributed by atoms with Crippen molar-refractivity contribution in [3.63, 3.8) is 0 Å². The molecule has 0 unspecified atom stereocenters. The van der Waals surface area contributed by atoms with Crippen molar-refractivity contribution < 1.29 is 0 Å². The number of fused-ring (bicyclic) bond motifs is 13. The Hall–Kier alpha value is -5.71. The molecule has 3 aromatic heterocycles. The smallest absolute Gasteiger partial charge is 0.180 e. The summed E-state index contributed by atoms with van der Waals surface area (Å²) < 4.78 is 2.49. The van der Waals surface area contributed by atoms with Gasteiger partial charge in [-0.15, -0.1) is 11.3 Å². The summed E-state index contributed by atoms with van der Waals surface area (Å²) in [5.41, 5.74) is 4.67. The number of benzene rings is 7. The van der Waals surface area contributed by atoms with Gasteiger partial charge in [-0.2, -0.15) is 0 Å². The molecule has 0 aliphatic carbocycles. The molecule has 7 aromatic carbocycles. The molecule has 4 heteroatoms. The molecule has 208 valence electrons. The van der Waals surface area contributed by atoms with Gasteiger partial charge in [0.05, 0.1) is 16.7 Å². The summed E-state index contributed by atoms with van der Waals surface area (Å²) in [5, 5.41) is 11.8. The normalized spacial score (nSPS) is 12.0. The van der Waals surface area contributed by atoms with Crippen LogP contribution in [0.15, 0.2) is 140 Å².